The molecule has 136 valence electrons. The maximum atomic E-state index is 4.84. The summed E-state index contributed by atoms with van der Waals surface area (Å²) in [5.74, 6) is 1.49. The molecule has 0 amide bonds. The fraction of sp³-hybridized carbons (Fsp3) is 0.158. The first-order valence-corrected chi connectivity index (χ1v) is 9.93. The second-order valence-electron chi connectivity index (χ2n) is 5.92. The van der Waals surface area contributed by atoms with Crippen LogP contribution < -0.4 is 5.32 Å². The van der Waals surface area contributed by atoms with E-state index in [2.05, 4.69) is 55.2 Å². The van der Waals surface area contributed by atoms with E-state index in [4.69, 9.17) is 12.6 Å². The summed E-state index contributed by atoms with van der Waals surface area (Å²) < 4.78 is 0. The second-order valence-corrected chi connectivity index (χ2v) is 7.51. The Morgan fingerprint density at radius 2 is 2.07 bits per heavy atom. The van der Waals surface area contributed by atoms with Crippen molar-refractivity contribution < 1.29 is 0 Å². The van der Waals surface area contributed by atoms with E-state index in [1.165, 1.54) is 0 Å². The first-order valence-electron chi connectivity index (χ1n) is 8.50. The first-order chi connectivity index (χ1) is 13.3. The third-order valence-corrected chi connectivity index (χ3v) is 5.97. The predicted molar refractivity (Wildman–Crippen MR) is 112 cm³/mol. The largest absolute Gasteiger partial charge is 0.319 e. The van der Waals surface area contributed by atoms with Gasteiger partial charge >= 0.3 is 0 Å². The quantitative estimate of drug-likeness (QED) is 0.263. The van der Waals surface area contributed by atoms with Crippen LogP contribution in [0.2, 0.25) is 0 Å². The number of nitrogens with zero attached hydrogens (tertiary/aromatic N) is 4. The van der Waals surface area contributed by atoms with Gasteiger partial charge in [-0.25, -0.2) is 0 Å². The molecule has 2 aromatic heterocycles. The number of benzene rings is 2. The highest BCUT2D eigenvalue weighted by atomic mass is 32.2. The number of fused-ring (bicyclic) bond motifs is 1. The number of thiol groups is 1. The van der Waals surface area contributed by atoms with Crippen molar-refractivity contribution in [3.8, 4) is 22.5 Å². The summed E-state index contributed by atoms with van der Waals surface area (Å²) in [5.41, 5.74) is 3.00. The number of thioether (sulfide) groups is 1. The molecule has 0 bridgehead atoms. The van der Waals surface area contributed by atoms with E-state index in [1.54, 1.807) is 11.8 Å². The van der Waals surface area contributed by atoms with Crippen LogP contribution in [-0.2, 0) is 0 Å². The van der Waals surface area contributed by atoms with Gasteiger partial charge in [-0.05, 0) is 40.9 Å². The minimum absolute atomic E-state index is 0.539. The van der Waals surface area contributed by atoms with Crippen molar-refractivity contribution in [2.24, 2.45) is 0 Å². The average Bonchev–Trinajstić information content (AvgIpc) is 3.23. The summed E-state index contributed by atoms with van der Waals surface area (Å²) in [7, 11) is 1.95. The number of tetrazole rings is 1. The second kappa shape index (κ2) is 8.08. The Balaban J connectivity index is 1.91. The zero-order valence-electron chi connectivity index (χ0n) is 14.7. The molecule has 0 spiro atoms. The summed E-state index contributed by atoms with van der Waals surface area (Å²) in [4.78, 5) is 6.19. The van der Waals surface area contributed by atoms with Crippen molar-refractivity contribution in [3.05, 3.63) is 48.8 Å². The van der Waals surface area contributed by atoms with Crippen molar-refractivity contribution >= 4 is 35.2 Å². The number of pyridine rings is 1. The van der Waals surface area contributed by atoms with Crippen LogP contribution in [0.25, 0.3) is 33.3 Å². The molecule has 2 aromatic carbocycles. The maximum absolute atomic E-state index is 4.84. The van der Waals surface area contributed by atoms with Crippen LogP contribution in [-0.4, -0.2) is 45.0 Å². The molecule has 0 atom stereocenters. The van der Waals surface area contributed by atoms with Crippen molar-refractivity contribution in [2.75, 3.05) is 19.3 Å². The van der Waals surface area contributed by atoms with Gasteiger partial charge in [0.2, 0.25) is 5.82 Å². The SMILES string of the molecule is CNCCSc1ccc(-c2cccc3cnccc23)c(-c2nn[nH]n2)c1S. The molecule has 2 heterocycles. The summed E-state index contributed by atoms with van der Waals surface area (Å²) in [6, 6.07) is 12.4. The highest BCUT2D eigenvalue weighted by molar-refractivity contribution is 7.99. The lowest BCUT2D eigenvalue weighted by atomic mass is 9.95. The number of rotatable bonds is 6. The Kier molecular flexibility index (Phi) is 5.38. The summed E-state index contributed by atoms with van der Waals surface area (Å²) in [6.45, 7) is 0.924. The van der Waals surface area contributed by atoms with E-state index in [-0.39, 0.29) is 0 Å². The molecule has 0 saturated heterocycles. The van der Waals surface area contributed by atoms with Crippen molar-refractivity contribution in [1.29, 1.82) is 0 Å². The van der Waals surface area contributed by atoms with Crippen LogP contribution in [0.5, 0.6) is 0 Å². The molecule has 4 aromatic rings. The zero-order chi connectivity index (χ0) is 18.6. The van der Waals surface area contributed by atoms with Gasteiger partial charge in [0.25, 0.3) is 0 Å². The fourth-order valence-corrected chi connectivity index (χ4v) is 4.45. The maximum Gasteiger partial charge on any atom is 0.206 e. The molecule has 0 aliphatic heterocycles. The van der Waals surface area contributed by atoms with Gasteiger partial charge in [-0.3, -0.25) is 4.98 Å². The van der Waals surface area contributed by atoms with Gasteiger partial charge in [-0.15, -0.1) is 34.6 Å². The summed E-state index contributed by atoms with van der Waals surface area (Å²) >= 11 is 6.59. The van der Waals surface area contributed by atoms with Gasteiger partial charge in [-0.1, -0.05) is 24.3 Å². The van der Waals surface area contributed by atoms with Crippen LogP contribution in [0.1, 0.15) is 0 Å². The Bertz CT molecular complexity index is 1060. The summed E-state index contributed by atoms with van der Waals surface area (Å²) in [6.07, 6.45) is 3.68. The van der Waals surface area contributed by atoms with Crippen LogP contribution in [0.4, 0.5) is 0 Å². The van der Waals surface area contributed by atoms with Gasteiger partial charge in [0.15, 0.2) is 0 Å². The van der Waals surface area contributed by atoms with Gasteiger partial charge < -0.3 is 5.32 Å². The van der Waals surface area contributed by atoms with Crippen molar-refractivity contribution in [2.45, 2.75) is 9.79 Å². The van der Waals surface area contributed by atoms with Gasteiger partial charge in [0, 0.05) is 45.4 Å². The fourth-order valence-electron chi connectivity index (χ4n) is 3.03. The smallest absolute Gasteiger partial charge is 0.206 e. The van der Waals surface area contributed by atoms with E-state index < -0.39 is 0 Å². The Morgan fingerprint density at radius 3 is 2.89 bits per heavy atom. The molecule has 6 nitrogen and oxygen atoms in total. The molecule has 0 radical (unpaired) electrons. The molecule has 27 heavy (non-hydrogen) atoms. The van der Waals surface area contributed by atoms with E-state index in [9.17, 15) is 0 Å². The minimum Gasteiger partial charge on any atom is -0.319 e. The molecular formula is C19H18N6S2. The molecule has 0 aliphatic carbocycles. The monoisotopic (exact) mass is 394 g/mol. The predicted octanol–water partition coefficient (Wildman–Crippen LogP) is 3.68. The highest BCUT2D eigenvalue weighted by Crippen LogP contribution is 2.42. The van der Waals surface area contributed by atoms with E-state index >= 15 is 0 Å². The Labute approximate surface area is 166 Å². The number of hydrogen-bond donors (Lipinski definition) is 3. The standard InChI is InChI=1S/C19H18N6S2/c1-20-9-10-27-16-6-5-15(17(18(16)26)19-22-24-25-23-19)14-4-2-3-12-11-21-8-7-13(12)14/h2-8,11,20,26H,9-10H2,1H3,(H,22,23,24,25). The van der Waals surface area contributed by atoms with E-state index in [1.807, 2.05) is 31.6 Å². The third-order valence-electron chi connectivity index (χ3n) is 4.29. The Hall–Kier alpha value is -2.42. The molecule has 0 aliphatic rings. The highest BCUT2D eigenvalue weighted by Gasteiger charge is 2.19. The summed E-state index contributed by atoms with van der Waals surface area (Å²) in [5, 5.41) is 20.1. The topological polar surface area (TPSA) is 79.4 Å². The number of aromatic amines is 1. The van der Waals surface area contributed by atoms with Gasteiger partial charge in [0.1, 0.15) is 0 Å². The minimum atomic E-state index is 0.539. The van der Waals surface area contributed by atoms with Gasteiger partial charge in [-0.2, -0.15) is 5.21 Å². The Morgan fingerprint density at radius 1 is 1.15 bits per heavy atom. The number of hydrogen-bond acceptors (Lipinski definition) is 7. The van der Waals surface area contributed by atoms with E-state index in [0.717, 1.165) is 49.6 Å². The van der Waals surface area contributed by atoms with Crippen LogP contribution in [0.3, 0.4) is 0 Å². The normalized spacial score (nSPS) is 11.2. The van der Waals surface area contributed by atoms with Gasteiger partial charge in [0.05, 0.1) is 0 Å². The van der Waals surface area contributed by atoms with Crippen LogP contribution in [0.15, 0.2) is 58.6 Å². The molecule has 0 fully saturated rings. The van der Waals surface area contributed by atoms with Crippen molar-refractivity contribution in [1.82, 2.24) is 30.9 Å². The lowest BCUT2D eigenvalue weighted by Gasteiger charge is -2.15. The van der Waals surface area contributed by atoms with E-state index in [0.29, 0.717) is 5.82 Å². The molecule has 0 saturated carbocycles. The molecule has 8 heteroatoms. The first kappa shape index (κ1) is 18.0. The van der Waals surface area contributed by atoms with Crippen LogP contribution in [0, 0.1) is 0 Å². The average molecular weight is 395 g/mol. The zero-order valence-corrected chi connectivity index (χ0v) is 16.4. The molecule has 2 N–H and O–H groups in total. The molecule has 4 rings (SSSR count). The number of aromatic nitrogens is 5. The number of nitrogens with one attached hydrogen (secondary N) is 2. The molecule has 0 unspecified atom stereocenters. The number of H-pyrrole nitrogens is 1. The van der Waals surface area contributed by atoms with Crippen LogP contribution >= 0.6 is 24.4 Å². The third kappa shape index (κ3) is 3.55. The molecular weight excluding hydrogens is 376 g/mol. The lowest BCUT2D eigenvalue weighted by Crippen LogP contribution is -2.09. The van der Waals surface area contributed by atoms with Crippen molar-refractivity contribution in [3.63, 3.8) is 0 Å². The lowest BCUT2D eigenvalue weighted by molar-refractivity contribution is 0.871.